The molecule has 0 aliphatic carbocycles. The number of carbonyl (C=O) groups excluding carboxylic acids is 2. The first-order valence-corrected chi connectivity index (χ1v) is 12.2. The normalized spacial score (nSPS) is 12.6. The molecule has 2 aromatic rings. The molecule has 1 aromatic carbocycles. The van der Waals surface area contributed by atoms with Crippen LogP contribution in [0.5, 0.6) is 0 Å². The summed E-state index contributed by atoms with van der Waals surface area (Å²) in [4.78, 5) is 30.3. The van der Waals surface area contributed by atoms with Crippen LogP contribution in [0, 0.1) is 18.3 Å². The molecule has 0 bridgehead atoms. The van der Waals surface area contributed by atoms with E-state index in [1.54, 1.807) is 4.90 Å². The van der Waals surface area contributed by atoms with Gasteiger partial charge in [0.1, 0.15) is 0 Å². The Balaban J connectivity index is 2.24. The summed E-state index contributed by atoms with van der Waals surface area (Å²) in [5.74, 6) is 0.329. The van der Waals surface area contributed by atoms with E-state index in [4.69, 9.17) is 0 Å². The molecule has 2 amide bonds. The molecular formula is C28H43N3O2. The van der Waals surface area contributed by atoms with Crippen LogP contribution in [0.4, 0.5) is 0 Å². The molecule has 0 saturated carbocycles. The van der Waals surface area contributed by atoms with Gasteiger partial charge in [-0.05, 0) is 49.4 Å². The molecule has 0 spiro atoms. The van der Waals surface area contributed by atoms with E-state index in [-0.39, 0.29) is 24.4 Å². The first-order chi connectivity index (χ1) is 15.4. The molecule has 0 radical (unpaired) electrons. The summed E-state index contributed by atoms with van der Waals surface area (Å²) >= 11 is 0. The molecular weight excluding hydrogens is 410 g/mol. The molecule has 33 heavy (non-hydrogen) atoms. The highest BCUT2D eigenvalue weighted by atomic mass is 16.2. The third-order valence-corrected chi connectivity index (χ3v) is 6.14. The van der Waals surface area contributed by atoms with Crippen LogP contribution in [0.3, 0.4) is 0 Å². The summed E-state index contributed by atoms with van der Waals surface area (Å²) in [6, 6.07) is 12.6. The van der Waals surface area contributed by atoms with Gasteiger partial charge in [0.05, 0.1) is 13.1 Å². The van der Waals surface area contributed by atoms with Crippen molar-refractivity contribution < 1.29 is 9.59 Å². The van der Waals surface area contributed by atoms with Crippen LogP contribution in [0.25, 0.3) is 0 Å². The highest BCUT2D eigenvalue weighted by Gasteiger charge is 2.31. The quantitative estimate of drug-likeness (QED) is 0.477. The Morgan fingerprint density at radius 3 is 2.27 bits per heavy atom. The van der Waals surface area contributed by atoms with E-state index in [1.807, 2.05) is 31.7 Å². The Hall–Kier alpha value is -2.56. The minimum Gasteiger partial charge on any atom is -0.345 e. The van der Waals surface area contributed by atoms with Gasteiger partial charge in [0.25, 0.3) is 0 Å². The fourth-order valence-corrected chi connectivity index (χ4v) is 3.99. The van der Waals surface area contributed by atoms with Crippen molar-refractivity contribution in [3.05, 3.63) is 59.4 Å². The summed E-state index contributed by atoms with van der Waals surface area (Å²) in [5.41, 5.74) is 3.12. The predicted octanol–water partition coefficient (Wildman–Crippen LogP) is 5.50. The molecule has 1 atom stereocenters. The fraction of sp³-hybridized carbons (Fsp3) is 0.571. The van der Waals surface area contributed by atoms with Gasteiger partial charge in [-0.3, -0.25) is 9.59 Å². The minimum absolute atomic E-state index is 0.00578. The first kappa shape index (κ1) is 26.7. The highest BCUT2D eigenvalue weighted by Crippen LogP contribution is 2.20. The molecule has 5 nitrogen and oxygen atoms in total. The Labute approximate surface area is 200 Å². The smallest absolute Gasteiger partial charge is 0.242 e. The van der Waals surface area contributed by atoms with Gasteiger partial charge in [0, 0.05) is 36.4 Å². The average molecular weight is 454 g/mol. The van der Waals surface area contributed by atoms with E-state index < -0.39 is 5.41 Å². The van der Waals surface area contributed by atoms with E-state index >= 15 is 0 Å². The number of aromatic nitrogens is 1. The lowest BCUT2D eigenvalue weighted by molar-refractivity contribution is -0.147. The number of rotatable bonds is 10. The zero-order valence-corrected chi connectivity index (χ0v) is 21.9. The van der Waals surface area contributed by atoms with Crippen molar-refractivity contribution in [1.82, 2.24) is 14.4 Å². The predicted molar refractivity (Wildman–Crippen MR) is 136 cm³/mol. The van der Waals surface area contributed by atoms with Crippen molar-refractivity contribution in [2.45, 2.75) is 80.9 Å². The number of benzene rings is 1. The monoisotopic (exact) mass is 453 g/mol. The van der Waals surface area contributed by atoms with E-state index in [0.29, 0.717) is 19.0 Å². The molecule has 1 aromatic heterocycles. The molecule has 0 aliphatic rings. The maximum Gasteiger partial charge on any atom is 0.242 e. The Kier molecular flexibility index (Phi) is 9.33. The Morgan fingerprint density at radius 2 is 1.70 bits per heavy atom. The van der Waals surface area contributed by atoms with Crippen LogP contribution in [-0.2, 0) is 22.7 Å². The van der Waals surface area contributed by atoms with Crippen LogP contribution < -0.4 is 0 Å². The molecule has 2 rings (SSSR count). The average Bonchev–Trinajstić information content (AvgIpc) is 3.17. The number of hydrogen-bond donors (Lipinski definition) is 0. The lowest BCUT2D eigenvalue weighted by atomic mass is 9.94. The zero-order valence-electron chi connectivity index (χ0n) is 21.9. The number of amides is 2. The van der Waals surface area contributed by atoms with E-state index in [0.717, 1.165) is 18.7 Å². The largest absolute Gasteiger partial charge is 0.345 e. The third kappa shape index (κ3) is 7.48. The molecule has 0 N–H and O–H groups in total. The molecule has 0 aliphatic heterocycles. The number of nitrogens with zero attached hydrogens (tertiary/aromatic N) is 3. The van der Waals surface area contributed by atoms with Gasteiger partial charge in [-0.25, -0.2) is 0 Å². The minimum atomic E-state index is -0.515. The van der Waals surface area contributed by atoms with E-state index in [1.165, 1.54) is 11.1 Å². The highest BCUT2D eigenvalue weighted by molar-refractivity contribution is 5.87. The van der Waals surface area contributed by atoms with Gasteiger partial charge in [-0.2, -0.15) is 0 Å². The van der Waals surface area contributed by atoms with Crippen molar-refractivity contribution in [1.29, 1.82) is 0 Å². The summed E-state index contributed by atoms with van der Waals surface area (Å²) in [7, 11) is 0. The maximum absolute atomic E-state index is 13.5. The van der Waals surface area contributed by atoms with Gasteiger partial charge in [0.15, 0.2) is 0 Å². The lowest BCUT2D eigenvalue weighted by Gasteiger charge is -2.34. The van der Waals surface area contributed by atoms with Gasteiger partial charge in [-0.1, -0.05) is 65.8 Å². The van der Waals surface area contributed by atoms with E-state index in [9.17, 15) is 9.59 Å². The summed E-state index contributed by atoms with van der Waals surface area (Å²) in [6.45, 7) is 18.2. The summed E-state index contributed by atoms with van der Waals surface area (Å²) in [5, 5.41) is 0. The second kappa shape index (κ2) is 11.5. The molecule has 1 unspecified atom stereocenters. The summed E-state index contributed by atoms with van der Waals surface area (Å²) in [6.07, 6.45) is 2.94. The first-order valence-electron chi connectivity index (χ1n) is 12.2. The fourth-order valence-electron chi connectivity index (χ4n) is 3.99. The van der Waals surface area contributed by atoms with Crippen molar-refractivity contribution in [3.63, 3.8) is 0 Å². The summed E-state index contributed by atoms with van der Waals surface area (Å²) < 4.78 is 2.22. The molecule has 5 heteroatoms. The van der Waals surface area contributed by atoms with Gasteiger partial charge >= 0.3 is 0 Å². The second-order valence-electron chi connectivity index (χ2n) is 10.7. The van der Waals surface area contributed by atoms with Crippen LogP contribution in [0.15, 0.2) is 42.6 Å². The van der Waals surface area contributed by atoms with Crippen LogP contribution >= 0.6 is 0 Å². The SMILES string of the molecule is CCC(C)N(Cc1cccn1Cc1ccccc1C)C(=O)CN(CC(C)C)C(=O)C(C)(C)C. The van der Waals surface area contributed by atoms with Crippen LogP contribution in [-0.4, -0.2) is 45.3 Å². The van der Waals surface area contributed by atoms with Gasteiger partial charge in [0.2, 0.25) is 11.8 Å². The van der Waals surface area contributed by atoms with Gasteiger partial charge in [-0.15, -0.1) is 0 Å². The molecule has 0 saturated heterocycles. The zero-order chi connectivity index (χ0) is 24.8. The van der Waals surface area contributed by atoms with Crippen LogP contribution in [0.2, 0.25) is 0 Å². The molecule has 182 valence electrons. The molecule has 0 fully saturated rings. The van der Waals surface area contributed by atoms with Crippen molar-refractivity contribution in [3.8, 4) is 0 Å². The third-order valence-electron chi connectivity index (χ3n) is 6.14. The van der Waals surface area contributed by atoms with Crippen molar-refractivity contribution in [2.75, 3.05) is 13.1 Å². The number of aryl methyl sites for hydroxylation is 1. The van der Waals surface area contributed by atoms with Crippen LogP contribution in [0.1, 0.15) is 71.7 Å². The topological polar surface area (TPSA) is 45.6 Å². The number of carbonyl (C=O) groups is 2. The second-order valence-corrected chi connectivity index (χ2v) is 10.7. The lowest BCUT2D eigenvalue weighted by Crippen LogP contribution is -2.49. The molecule has 1 heterocycles. The van der Waals surface area contributed by atoms with Crippen molar-refractivity contribution in [2.24, 2.45) is 11.3 Å². The van der Waals surface area contributed by atoms with Crippen molar-refractivity contribution >= 4 is 11.8 Å². The van der Waals surface area contributed by atoms with Gasteiger partial charge < -0.3 is 14.4 Å². The van der Waals surface area contributed by atoms with E-state index in [2.05, 4.69) is 75.7 Å². The standard InChI is InChI=1S/C28H43N3O2/c1-9-23(5)31(26(32)20-30(17-21(2)3)27(33)28(6,7)8)19-25-15-12-16-29(25)18-24-14-11-10-13-22(24)4/h10-16,21,23H,9,17-20H2,1-8H3. The maximum atomic E-state index is 13.5. The Bertz CT molecular complexity index is 923. The number of hydrogen-bond acceptors (Lipinski definition) is 2. The Morgan fingerprint density at radius 1 is 1.03 bits per heavy atom.